The highest BCUT2D eigenvalue weighted by molar-refractivity contribution is 6.21. The largest absolute Gasteiger partial charge is 0.308 e. The predicted molar refractivity (Wildman–Crippen MR) is 53.5 cm³/mol. The normalized spacial score (nSPS) is 13.3. The molecule has 0 bridgehead atoms. The summed E-state index contributed by atoms with van der Waals surface area (Å²) >= 11 is 6.06. The molecule has 0 aliphatic rings. The van der Waals surface area contributed by atoms with Gasteiger partial charge in [0.25, 0.3) is 0 Å². The Kier molecular flexibility index (Phi) is 3.70. The number of halogens is 2. The molecule has 0 aliphatic carbocycles. The van der Waals surface area contributed by atoms with Gasteiger partial charge in [0.15, 0.2) is 0 Å². The van der Waals surface area contributed by atoms with Crippen molar-refractivity contribution in [3.63, 3.8) is 0 Å². The van der Waals surface area contributed by atoms with Gasteiger partial charge in [-0.2, -0.15) is 0 Å². The number of alkyl halides is 1. The quantitative estimate of drug-likeness (QED) is 0.680. The summed E-state index contributed by atoms with van der Waals surface area (Å²) in [4.78, 5) is 1.97. The van der Waals surface area contributed by atoms with E-state index >= 15 is 0 Å². The average molecular weight is 202 g/mol. The van der Waals surface area contributed by atoms with Gasteiger partial charge in [-0.3, -0.25) is 0 Å². The monoisotopic (exact) mass is 201 g/mol. The van der Waals surface area contributed by atoms with Gasteiger partial charge in [0.2, 0.25) is 0 Å². The fourth-order valence-electron chi connectivity index (χ4n) is 1.13. The summed E-state index contributed by atoms with van der Waals surface area (Å²) in [5.41, 5.74) is 0.829. The van der Waals surface area contributed by atoms with Crippen LogP contribution in [0.2, 0.25) is 0 Å². The Labute approximate surface area is 83.1 Å². The second kappa shape index (κ2) is 4.58. The standard InChI is InChI=1S/C10H13ClFN/c1-13(2)7-10(11)8-4-3-5-9(12)6-8/h3-6,10H,7H2,1-2H3/t10-/m1/s1. The molecule has 0 spiro atoms. The summed E-state index contributed by atoms with van der Waals surface area (Å²) in [5.74, 6) is -0.234. The van der Waals surface area contributed by atoms with Crippen LogP contribution in [-0.4, -0.2) is 25.5 Å². The maximum absolute atomic E-state index is 12.8. The first-order valence-electron chi connectivity index (χ1n) is 4.14. The van der Waals surface area contributed by atoms with E-state index in [1.54, 1.807) is 6.07 Å². The molecule has 3 heteroatoms. The zero-order chi connectivity index (χ0) is 9.84. The molecule has 1 aromatic rings. The van der Waals surface area contributed by atoms with Crippen molar-refractivity contribution in [1.82, 2.24) is 4.90 Å². The van der Waals surface area contributed by atoms with Gasteiger partial charge in [0.05, 0.1) is 5.38 Å². The van der Waals surface area contributed by atoms with Crippen LogP contribution in [0.15, 0.2) is 24.3 Å². The number of benzene rings is 1. The van der Waals surface area contributed by atoms with E-state index in [-0.39, 0.29) is 11.2 Å². The molecule has 0 unspecified atom stereocenters. The summed E-state index contributed by atoms with van der Waals surface area (Å²) in [6.07, 6.45) is 0. The van der Waals surface area contributed by atoms with Gasteiger partial charge in [0, 0.05) is 6.54 Å². The summed E-state index contributed by atoms with van der Waals surface area (Å²) in [7, 11) is 3.88. The molecule has 0 saturated heterocycles. The Morgan fingerprint density at radius 1 is 1.46 bits per heavy atom. The van der Waals surface area contributed by atoms with Gasteiger partial charge in [-0.1, -0.05) is 12.1 Å². The van der Waals surface area contributed by atoms with E-state index in [9.17, 15) is 4.39 Å². The summed E-state index contributed by atoms with van der Waals surface area (Å²) in [6.45, 7) is 0.713. The van der Waals surface area contributed by atoms with Crippen molar-refractivity contribution in [1.29, 1.82) is 0 Å². The molecule has 1 aromatic carbocycles. The maximum Gasteiger partial charge on any atom is 0.123 e. The number of hydrogen-bond acceptors (Lipinski definition) is 1. The van der Waals surface area contributed by atoms with Crippen LogP contribution in [0, 0.1) is 5.82 Å². The predicted octanol–water partition coefficient (Wildman–Crippen LogP) is 2.67. The van der Waals surface area contributed by atoms with Gasteiger partial charge >= 0.3 is 0 Å². The third-order valence-electron chi connectivity index (χ3n) is 1.74. The molecule has 0 heterocycles. The molecule has 0 saturated carbocycles. The van der Waals surface area contributed by atoms with Crippen LogP contribution in [0.4, 0.5) is 4.39 Å². The Bertz CT molecular complexity index is 275. The van der Waals surface area contributed by atoms with Gasteiger partial charge in [-0.25, -0.2) is 4.39 Å². The van der Waals surface area contributed by atoms with Crippen molar-refractivity contribution >= 4 is 11.6 Å². The Balaban J connectivity index is 2.71. The van der Waals surface area contributed by atoms with Crippen LogP contribution in [-0.2, 0) is 0 Å². The third kappa shape index (κ3) is 3.33. The first-order valence-corrected chi connectivity index (χ1v) is 4.57. The Morgan fingerprint density at radius 3 is 2.69 bits per heavy atom. The minimum Gasteiger partial charge on any atom is -0.308 e. The van der Waals surface area contributed by atoms with Crippen LogP contribution in [0.5, 0.6) is 0 Å². The fraction of sp³-hybridized carbons (Fsp3) is 0.400. The molecule has 72 valence electrons. The maximum atomic E-state index is 12.8. The summed E-state index contributed by atoms with van der Waals surface area (Å²) < 4.78 is 12.8. The van der Waals surface area contributed by atoms with Crippen LogP contribution >= 0.6 is 11.6 Å². The Morgan fingerprint density at radius 2 is 2.15 bits per heavy atom. The highest BCUT2D eigenvalue weighted by Gasteiger charge is 2.08. The second-order valence-corrected chi connectivity index (χ2v) is 3.81. The van der Waals surface area contributed by atoms with E-state index in [4.69, 9.17) is 11.6 Å². The lowest BCUT2D eigenvalue weighted by Gasteiger charge is -2.15. The van der Waals surface area contributed by atoms with Crippen LogP contribution in [0.3, 0.4) is 0 Å². The molecule has 13 heavy (non-hydrogen) atoms. The molecule has 0 amide bonds. The minimum absolute atomic E-state index is 0.148. The molecule has 1 nitrogen and oxygen atoms in total. The van der Waals surface area contributed by atoms with Crippen LogP contribution in [0.25, 0.3) is 0 Å². The van der Waals surface area contributed by atoms with Crippen LogP contribution in [0.1, 0.15) is 10.9 Å². The number of likely N-dealkylation sites (N-methyl/N-ethyl adjacent to an activating group) is 1. The zero-order valence-corrected chi connectivity index (χ0v) is 8.55. The van der Waals surface area contributed by atoms with E-state index in [2.05, 4.69) is 0 Å². The lowest BCUT2D eigenvalue weighted by molar-refractivity contribution is 0.407. The summed E-state index contributed by atoms with van der Waals surface area (Å²) in [6, 6.07) is 6.41. The van der Waals surface area contributed by atoms with Gasteiger partial charge < -0.3 is 4.90 Å². The van der Waals surface area contributed by atoms with E-state index in [0.29, 0.717) is 6.54 Å². The number of rotatable bonds is 3. The van der Waals surface area contributed by atoms with Gasteiger partial charge in [-0.05, 0) is 31.8 Å². The van der Waals surface area contributed by atoms with Crippen molar-refractivity contribution in [2.24, 2.45) is 0 Å². The average Bonchev–Trinajstić information content (AvgIpc) is 2.03. The van der Waals surface area contributed by atoms with E-state index in [0.717, 1.165) is 5.56 Å². The molecule has 0 aromatic heterocycles. The summed E-state index contributed by atoms with van der Waals surface area (Å²) in [5, 5.41) is -0.148. The fourth-order valence-corrected chi connectivity index (χ4v) is 1.54. The molecule has 0 fully saturated rings. The molecule has 0 radical (unpaired) electrons. The first-order chi connectivity index (χ1) is 6.09. The highest BCUT2D eigenvalue weighted by Crippen LogP contribution is 2.21. The lowest BCUT2D eigenvalue weighted by atomic mass is 10.1. The SMILES string of the molecule is CN(C)C[C@@H](Cl)c1cccc(F)c1. The molecule has 0 aliphatic heterocycles. The molecule has 0 N–H and O–H groups in total. The molecule has 1 atom stereocenters. The number of hydrogen-bond donors (Lipinski definition) is 0. The first kappa shape index (κ1) is 10.5. The zero-order valence-electron chi connectivity index (χ0n) is 7.80. The lowest BCUT2D eigenvalue weighted by Crippen LogP contribution is -2.17. The minimum atomic E-state index is -0.234. The molecule has 1 rings (SSSR count). The van der Waals surface area contributed by atoms with Crippen molar-refractivity contribution in [2.75, 3.05) is 20.6 Å². The topological polar surface area (TPSA) is 3.24 Å². The number of nitrogens with zero attached hydrogens (tertiary/aromatic N) is 1. The van der Waals surface area contributed by atoms with Crippen LogP contribution < -0.4 is 0 Å². The van der Waals surface area contributed by atoms with Crippen molar-refractivity contribution < 1.29 is 4.39 Å². The highest BCUT2D eigenvalue weighted by atomic mass is 35.5. The van der Waals surface area contributed by atoms with Gasteiger partial charge in [0.1, 0.15) is 5.82 Å². The van der Waals surface area contributed by atoms with Crippen molar-refractivity contribution in [3.8, 4) is 0 Å². The van der Waals surface area contributed by atoms with E-state index in [1.807, 2.05) is 25.1 Å². The smallest absolute Gasteiger partial charge is 0.123 e. The second-order valence-electron chi connectivity index (χ2n) is 3.28. The van der Waals surface area contributed by atoms with E-state index in [1.165, 1.54) is 12.1 Å². The van der Waals surface area contributed by atoms with E-state index < -0.39 is 0 Å². The third-order valence-corrected chi connectivity index (χ3v) is 2.13. The Hall–Kier alpha value is -0.600. The molecular weight excluding hydrogens is 189 g/mol. The van der Waals surface area contributed by atoms with Gasteiger partial charge in [-0.15, -0.1) is 11.6 Å². The molecular formula is C10H13ClFN. The van der Waals surface area contributed by atoms with Crippen molar-refractivity contribution in [2.45, 2.75) is 5.38 Å². The van der Waals surface area contributed by atoms with Crippen molar-refractivity contribution in [3.05, 3.63) is 35.6 Å².